The maximum Gasteiger partial charge on any atom is 0.0638 e. The summed E-state index contributed by atoms with van der Waals surface area (Å²) in [5.74, 6) is 0. The minimum absolute atomic E-state index is 0. The quantitative estimate of drug-likeness (QED) is 0.927. The van der Waals surface area contributed by atoms with Crippen LogP contribution in [0.3, 0.4) is 0 Å². The third-order valence-electron chi connectivity index (χ3n) is 2.98. The Balaban J connectivity index is 0.00000162. The number of aromatic nitrogens is 2. The van der Waals surface area contributed by atoms with Gasteiger partial charge in [-0.2, -0.15) is 0 Å². The van der Waals surface area contributed by atoms with Crippen LogP contribution in [0, 0.1) is 13.8 Å². The lowest BCUT2D eigenvalue weighted by atomic mass is 10.1. The van der Waals surface area contributed by atoms with E-state index >= 15 is 0 Å². The van der Waals surface area contributed by atoms with Crippen molar-refractivity contribution in [1.29, 1.82) is 0 Å². The zero-order chi connectivity index (χ0) is 12.4. The van der Waals surface area contributed by atoms with Crippen molar-refractivity contribution in [1.82, 2.24) is 9.55 Å². The lowest BCUT2D eigenvalue weighted by Crippen LogP contribution is -2.18. The molecule has 0 bridgehead atoms. The van der Waals surface area contributed by atoms with Crippen LogP contribution in [-0.2, 0) is 6.42 Å². The predicted octanol–water partition coefficient (Wildman–Crippen LogP) is 2.80. The lowest BCUT2D eigenvalue weighted by Gasteiger charge is -2.10. The Kier molecular flexibility index (Phi) is 4.93. The van der Waals surface area contributed by atoms with E-state index in [1.165, 1.54) is 17.0 Å². The molecule has 18 heavy (non-hydrogen) atoms. The van der Waals surface area contributed by atoms with Crippen LogP contribution in [0.1, 0.15) is 23.9 Å². The van der Waals surface area contributed by atoms with Crippen LogP contribution < -0.4 is 5.73 Å². The van der Waals surface area contributed by atoms with Crippen molar-refractivity contribution < 1.29 is 0 Å². The van der Waals surface area contributed by atoms with E-state index in [1.54, 1.807) is 6.20 Å². The molecule has 0 aromatic carbocycles. The second-order valence-electron chi connectivity index (χ2n) is 4.62. The van der Waals surface area contributed by atoms with E-state index in [9.17, 15) is 0 Å². The first-order chi connectivity index (χ1) is 8.09. The molecule has 0 aliphatic heterocycles. The van der Waals surface area contributed by atoms with Gasteiger partial charge in [-0.25, -0.2) is 0 Å². The van der Waals surface area contributed by atoms with Gasteiger partial charge in [-0.05, 0) is 51.0 Å². The Morgan fingerprint density at radius 1 is 1.39 bits per heavy atom. The fourth-order valence-electron chi connectivity index (χ4n) is 2.27. The van der Waals surface area contributed by atoms with Crippen molar-refractivity contribution in [3.8, 4) is 5.69 Å². The highest BCUT2D eigenvalue weighted by atomic mass is 35.5. The first kappa shape index (κ1) is 14.7. The van der Waals surface area contributed by atoms with Gasteiger partial charge >= 0.3 is 0 Å². The fourth-order valence-corrected chi connectivity index (χ4v) is 2.27. The van der Waals surface area contributed by atoms with Crippen molar-refractivity contribution in [3.05, 3.63) is 47.5 Å². The van der Waals surface area contributed by atoms with Gasteiger partial charge in [-0.15, -0.1) is 12.4 Å². The molecule has 0 fully saturated rings. The van der Waals surface area contributed by atoms with E-state index in [0.717, 1.165) is 12.1 Å². The molecule has 0 amide bonds. The third-order valence-corrected chi connectivity index (χ3v) is 2.98. The van der Waals surface area contributed by atoms with Crippen molar-refractivity contribution in [2.75, 3.05) is 0 Å². The van der Waals surface area contributed by atoms with E-state index < -0.39 is 0 Å². The highest BCUT2D eigenvalue weighted by Gasteiger charge is 2.11. The number of nitrogens with two attached hydrogens (primary N) is 1. The first-order valence-electron chi connectivity index (χ1n) is 5.93. The van der Waals surface area contributed by atoms with Gasteiger partial charge in [0.05, 0.1) is 11.9 Å². The molecule has 0 radical (unpaired) electrons. The summed E-state index contributed by atoms with van der Waals surface area (Å²) in [4.78, 5) is 4.17. The molecule has 0 aliphatic carbocycles. The van der Waals surface area contributed by atoms with E-state index in [2.05, 4.69) is 35.5 Å². The molecule has 2 aromatic rings. The van der Waals surface area contributed by atoms with Gasteiger partial charge in [-0.1, -0.05) is 0 Å². The normalized spacial score (nSPS) is 12.0. The summed E-state index contributed by atoms with van der Waals surface area (Å²) in [7, 11) is 0. The van der Waals surface area contributed by atoms with E-state index in [1.807, 2.05) is 19.2 Å². The number of halogens is 1. The van der Waals surface area contributed by atoms with Crippen LogP contribution >= 0.6 is 12.4 Å². The van der Waals surface area contributed by atoms with Crippen LogP contribution in [0.25, 0.3) is 5.69 Å². The SMILES string of the molecule is Cc1cc(CC(C)N)c(C)n1-c1cccnc1.Cl. The minimum Gasteiger partial charge on any atom is -0.328 e. The molecule has 0 aliphatic rings. The highest BCUT2D eigenvalue weighted by molar-refractivity contribution is 5.85. The van der Waals surface area contributed by atoms with Gasteiger partial charge in [0.1, 0.15) is 0 Å². The molecule has 1 unspecified atom stereocenters. The van der Waals surface area contributed by atoms with Crippen LogP contribution in [0.2, 0.25) is 0 Å². The number of hydrogen-bond acceptors (Lipinski definition) is 2. The molecule has 0 spiro atoms. The van der Waals surface area contributed by atoms with Gasteiger partial charge in [0.2, 0.25) is 0 Å². The molecule has 2 rings (SSSR count). The van der Waals surface area contributed by atoms with Crippen LogP contribution in [-0.4, -0.2) is 15.6 Å². The summed E-state index contributed by atoms with van der Waals surface area (Å²) in [6.45, 7) is 6.29. The van der Waals surface area contributed by atoms with Crippen LogP contribution in [0.15, 0.2) is 30.6 Å². The molecule has 2 N–H and O–H groups in total. The van der Waals surface area contributed by atoms with E-state index in [4.69, 9.17) is 5.73 Å². The molecule has 4 heteroatoms. The van der Waals surface area contributed by atoms with Gasteiger partial charge in [-0.3, -0.25) is 4.98 Å². The molecular weight excluding hydrogens is 246 g/mol. The number of rotatable bonds is 3. The third kappa shape index (κ3) is 2.92. The van der Waals surface area contributed by atoms with Gasteiger partial charge in [0.15, 0.2) is 0 Å². The Hall–Kier alpha value is -1.32. The second kappa shape index (κ2) is 6.03. The first-order valence-corrected chi connectivity index (χ1v) is 5.93. The average molecular weight is 266 g/mol. The molecule has 0 saturated carbocycles. The number of pyridine rings is 1. The second-order valence-corrected chi connectivity index (χ2v) is 4.62. The van der Waals surface area contributed by atoms with Gasteiger partial charge in [0.25, 0.3) is 0 Å². The summed E-state index contributed by atoms with van der Waals surface area (Å²) < 4.78 is 2.23. The number of hydrogen-bond donors (Lipinski definition) is 1. The van der Waals surface area contributed by atoms with Crippen molar-refractivity contribution in [3.63, 3.8) is 0 Å². The molecule has 1 atom stereocenters. The van der Waals surface area contributed by atoms with E-state index in [-0.39, 0.29) is 18.4 Å². The maximum absolute atomic E-state index is 5.87. The summed E-state index contributed by atoms with van der Waals surface area (Å²) in [6, 6.07) is 6.44. The largest absolute Gasteiger partial charge is 0.328 e. The number of aryl methyl sites for hydroxylation is 1. The Morgan fingerprint density at radius 2 is 2.11 bits per heavy atom. The maximum atomic E-state index is 5.87. The Morgan fingerprint density at radius 3 is 2.67 bits per heavy atom. The summed E-state index contributed by atoms with van der Waals surface area (Å²) >= 11 is 0. The Bertz CT molecular complexity index is 503. The average Bonchev–Trinajstić information content (AvgIpc) is 2.54. The standard InChI is InChI=1S/C14H19N3.ClH/c1-10(15)7-13-8-11(2)17(12(13)3)14-5-4-6-16-9-14;/h4-6,8-10H,7,15H2,1-3H3;1H. The molecule has 2 aromatic heterocycles. The highest BCUT2D eigenvalue weighted by Crippen LogP contribution is 2.20. The molecule has 98 valence electrons. The minimum atomic E-state index is 0. The summed E-state index contributed by atoms with van der Waals surface area (Å²) in [6.07, 6.45) is 4.59. The smallest absolute Gasteiger partial charge is 0.0638 e. The summed E-state index contributed by atoms with van der Waals surface area (Å²) in [5.41, 5.74) is 10.8. The van der Waals surface area contributed by atoms with Crippen LogP contribution in [0.4, 0.5) is 0 Å². The molecule has 3 nitrogen and oxygen atoms in total. The monoisotopic (exact) mass is 265 g/mol. The van der Waals surface area contributed by atoms with Crippen molar-refractivity contribution in [2.24, 2.45) is 5.73 Å². The topological polar surface area (TPSA) is 43.8 Å². The van der Waals surface area contributed by atoms with Gasteiger partial charge < -0.3 is 10.3 Å². The van der Waals surface area contributed by atoms with Crippen LogP contribution in [0.5, 0.6) is 0 Å². The molecule has 0 saturated heterocycles. The van der Waals surface area contributed by atoms with Gasteiger partial charge in [0, 0.05) is 23.6 Å². The van der Waals surface area contributed by atoms with Crippen molar-refractivity contribution >= 4 is 12.4 Å². The zero-order valence-corrected chi connectivity index (χ0v) is 11.9. The van der Waals surface area contributed by atoms with Crippen molar-refractivity contribution in [2.45, 2.75) is 33.2 Å². The molecule has 2 heterocycles. The lowest BCUT2D eigenvalue weighted by molar-refractivity contribution is 0.733. The number of nitrogens with zero attached hydrogens (tertiary/aromatic N) is 2. The van der Waals surface area contributed by atoms with E-state index in [0.29, 0.717) is 0 Å². The zero-order valence-electron chi connectivity index (χ0n) is 11.1. The molecular formula is C14H20ClN3. The fraction of sp³-hybridized carbons (Fsp3) is 0.357. The summed E-state index contributed by atoms with van der Waals surface area (Å²) in [5, 5.41) is 0. The Labute approximate surface area is 114 Å². The predicted molar refractivity (Wildman–Crippen MR) is 77.6 cm³/mol.